The Morgan fingerprint density at radius 1 is 1.50 bits per heavy atom. The highest BCUT2D eigenvalue weighted by Gasteiger charge is 2.06. The minimum atomic E-state index is 0.158. The lowest BCUT2D eigenvalue weighted by Gasteiger charge is -2.10. The fourth-order valence-corrected chi connectivity index (χ4v) is 2.04. The minimum Gasteiger partial charge on any atom is -0.395 e. The summed E-state index contributed by atoms with van der Waals surface area (Å²) in [5.74, 6) is 1.62. The van der Waals surface area contributed by atoms with E-state index in [1.54, 1.807) is 11.8 Å². The largest absolute Gasteiger partial charge is 0.395 e. The second-order valence-electron chi connectivity index (χ2n) is 3.68. The Morgan fingerprint density at radius 3 is 2.88 bits per heavy atom. The number of nitrogens with one attached hydrogen (secondary N) is 1. The Labute approximate surface area is 101 Å². The van der Waals surface area contributed by atoms with Crippen LogP contribution >= 0.6 is 11.8 Å². The van der Waals surface area contributed by atoms with Gasteiger partial charge < -0.3 is 10.4 Å². The van der Waals surface area contributed by atoms with E-state index in [0.29, 0.717) is 0 Å². The summed E-state index contributed by atoms with van der Waals surface area (Å²) < 4.78 is 0. The molecule has 2 N–H and O–H groups in total. The summed E-state index contributed by atoms with van der Waals surface area (Å²) in [4.78, 5) is 8.64. The second-order valence-corrected chi connectivity index (χ2v) is 5.14. The molecule has 1 atom stereocenters. The van der Waals surface area contributed by atoms with Crippen molar-refractivity contribution in [2.75, 3.05) is 18.5 Å². The molecule has 0 bridgehead atoms. The van der Waals surface area contributed by atoms with E-state index >= 15 is 0 Å². The summed E-state index contributed by atoms with van der Waals surface area (Å²) in [5.41, 5.74) is 0. The number of aromatic nitrogens is 2. The monoisotopic (exact) mass is 241 g/mol. The molecule has 0 aliphatic heterocycles. The van der Waals surface area contributed by atoms with Gasteiger partial charge in [0.15, 0.2) is 0 Å². The van der Waals surface area contributed by atoms with Crippen molar-refractivity contribution < 1.29 is 5.11 Å². The number of hydrogen-bond donors (Lipinski definition) is 2. The van der Waals surface area contributed by atoms with Crippen LogP contribution in [0.1, 0.15) is 26.1 Å². The van der Waals surface area contributed by atoms with Gasteiger partial charge in [-0.05, 0) is 13.3 Å². The van der Waals surface area contributed by atoms with E-state index in [2.05, 4.69) is 22.2 Å². The lowest BCUT2D eigenvalue weighted by atomic mass is 10.4. The van der Waals surface area contributed by atoms with E-state index in [-0.39, 0.29) is 11.9 Å². The Kier molecular flexibility index (Phi) is 5.55. The molecule has 1 aromatic rings. The van der Waals surface area contributed by atoms with Crippen molar-refractivity contribution in [3.05, 3.63) is 11.9 Å². The van der Waals surface area contributed by atoms with Gasteiger partial charge in [-0.15, -0.1) is 11.8 Å². The maximum Gasteiger partial charge on any atom is 0.130 e. The van der Waals surface area contributed by atoms with E-state index < -0.39 is 0 Å². The molecule has 0 fully saturated rings. The fourth-order valence-electron chi connectivity index (χ4n) is 1.19. The molecule has 4 nitrogen and oxygen atoms in total. The lowest BCUT2D eigenvalue weighted by molar-refractivity contribution is 0.300. The van der Waals surface area contributed by atoms with Crippen LogP contribution in [0.2, 0.25) is 0 Å². The highest BCUT2D eigenvalue weighted by molar-refractivity contribution is 7.99. The molecule has 1 rings (SSSR count). The van der Waals surface area contributed by atoms with Gasteiger partial charge in [0.25, 0.3) is 0 Å². The number of hydrogen-bond acceptors (Lipinski definition) is 5. The Morgan fingerprint density at radius 2 is 2.25 bits per heavy atom. The van der Waals surface area contributed by atoms with Crippen LogP contribution in [0.4, 0.5) is 5.82 Å². The molecule has 0 saturated heterocycles. The molecule has 0 amide bonds. The van der Waals surface area contributed by atoms with Gasteiger partial charge in [0.1, 0.15) is 16.7 Å². The zero-order valence-corrected chi connectivity index (χ0v) is 10.8. The zero-order valence-electron chi connectivity index (χ0n) is 10.0. The topological polar surface area (TPSA) is 58.0 Å². The van der Waals surface area contributed by atoms with E-state index in [9.17, 15) is 0 Å². The molecule has 1 aromatic heterocycles. The molecule has 1 heterocycles. The Hall–Kier alpha value is -0.810. The average molecular weight is 241 g/mol. The number of rotatable bonds is 6. The van der Waals surface area contributed by atoms with Gasteiger partial charge in [-0.3, -0.25) is 0 Å². The van der Waals surface area contributed by atoms with Crippen LogP contribution in [0.5, 0.6) is 0 Å². The SMILES string of the molecule is CCCNc1cc(SC(C)CO)nc(C)n1. The first-order valence-corrected chi connectivity index (χ1v) is 6.40. The van der Waals surface area contributed by atoms with Crippen LogP contribution in [0.3, 0.4) is 0 Å². The summed E-state index contributed by atoms with van der Waals surface area (Å²) in [6.07, 6.45) is 1.07. The summed E-state index contributed by atoms with van der Waals surface area (Å²) in [6.45, 7) is 7.04. The molecule has 0 aliphatic rings. The third-order valence-corrected chi connectivity index (χ3v) is 2.95. The zero-order chi connectivity index (χ0) is 12.0. The number of aliphatic hydroxyl groups excluding tert-OH is 1. The van der Waals surface area contributed by atoms with Gasteiger partial charge >= 0.3 is 0 Å². The minimum absolute atomic E-state index is 0.158. The lowest BCUT2D eigenvalue weighted by Crippen LogP contribution is -2.06. The summed E-state index contributed by atoms with van der Waals surface area (Å²) in [6, 6.07) is 1.93. The molecule has 5 heteroatoms. The van der Waals surface area contributed by atoms with Gasteiger partial charge in [-0.25, -0.2) is 9.97 Å². The van der Waals surface area contributed by atoms with E-state index in [4.69, 9.17) is 5.11 Å². The van der Waals surface area contributed by atoms with Crippen LogP contribution in [-0.4, -0.2) is 33.5 Å². The van der Waals surface area contributed by atoms with Gasteiger partial charge in [0.05, 0.1) is 6.61 Å². The number of nitrogens with zero attached hydrogens (tertiary/aromatic N) is 2. The first kappa shape index (κ1) is 13.3. The van der Waals surface area contributed by atoms with Crippen LogP contribution in [0, 0.1) is 6.92 Å². The maximum atomic E-state index is 9.00. The standard InChI is InChI=1S/C11H19N3OS/c1-4-5-12-10-6-11(14-9(3)13-10)16-8(2)7-15/h6,8,15H,4-5,7H2,1-3H3,(H,12,13,14). The van der Waals surface area contributed by atoms with Crippen molar-refractivity contribution >= 4 is 17.6 Å². The smallest absolute Gasteiger partial charge is 0.130 e. The molecule has 0 radical (unpaired) electrons. The average Bonchev–Trinajstić information content (AvgIpc) is 2.25. The molecular formula is C11H19N3OS. The van der Waals surface area contributed by atoms with Crippen molar-refractivity contribution in [2.45, 2.75) is 37.5 Å². The van der Waals surface area contributed by atoms with Crippen molar-refractivity contribution in [1.29, 1.82) is 0 Å². The van der Waals surface area contributed by atoms with Gasteiger partial charge in [0.2, 0.25) is 0 Å². The van der Waals surface area contributed by atoms with Gasteiger partial charge in [-0.1, -0.05) is 13.8 Å². The molecule has 0 saturated carbocycles. The van der Waals surface area contributed by atoms with Crippen molar-refractivity contribution in [1.82, 2.24) is 9.97 Å². The number of aliphatic hydroxyl groups is 1. The van der Waals surface area contributed by atoms with E-state index in [1.807, 2.05) is 19.9 Å². The fraction of sp³-hybridized carbons (Fsp3) is 0.636. The number of anilines is 1. The van der Waals surface area contributed by atoms with Crippen molar-refractivity contribution in [2.24, 2.45) is 0 Å². The summed E-state index contributed by atoms with van der Waals surface area (Å²) in [5, 5.41) is 13.3. The predicted molar refractivity (Wildman–Crippen MR) is 68.0 cm³/mol. The van der Waals surface area contributed by atoms with Gasteiger partial charge in [0, 0.05) is 17.9 Å². The first-order chi connectivity index (χ1) is 7.65. The maximum absolute atomic E-state index is 9.00. The van der Waals surface area contributed by atoms with Crippen LogP contribution in [-0.2, 0) is 0 Å². The Bertz CT molecular complexity index is 333. The quantitative estimate of drug-likeness (QED) is 0.590. The first-order valence-electron chi connectivity index (χ1n) is 5.52. The molecule has 0 spiro atoms. The van der Waals surface area contributed by atoms with Crippen molar-refractivity contribution in [3.63, 3.8) is 0 Å². The van der Waals surface area contributed by atoms with Crippen LogP contribution in [0.25, 0.3) is 0 Å². The summed E-state index contributed by atoms with van der Waals surface area (Å²) in [7, 11) is 0. The van der Waals surface area contributed by atoms with E-state index in [0.717, 1.165) is 29.6 Å². The van der Waals surface area contributed by atoms with Gasteiger partial charge in [-0.2, -0.15) is 0 Å². The van der Waals surface area contributed by atoms with Crippen LogP contribution in [0.15, 0.2) is 11.1 Å². The highest BCUT2D eigenvalue weighted by atomic mass is 32.2. The predicted octanol–water partition coefficient (Wildman–Crippen LogP) is 2.08. The molecule has 0 aromatic carbocycles. The van der Waals surface area contributed by atoms with Crippen LogP contribution < -0.4 is 5.32 Å². The number of thioether (sulfide) groups is 1. The molecule has 0 aliphatic carbocycles. The second kappa shape index (κ2) is 6.70. The number of aryl methyl sites for hydroxylation is 1. The Balaban J connectivity index is 2.73. The molecule has 16 heavy (non-hydrogen) atoms. The van der Waals surface area contributed by atoms with Crippen molar-refractivity contribution in [3.8, 4) is 0 Å². The third-order valence-electron chi connectivity index (χ3n) is 1.95. The molecule has 90 valence electrons. The highest BCUT2D eigenvalue weighted by Crippen LogP contribution is 2.22. The third kappa shape index (κ3) is 4.37. The molecule has 1 unspecified atom stereocenters. The molecular weight excluding hydrogens is 222 g/mol. The summed E-state index contributed by atoms with van der Waals surface area (Å²) >= 11 is 1.56. The van der Waals surface area contributed by atoms with E-state index in [1.165, 1.54) is 0 Å². The normalized spacial score (nSPS) is 12.5.